The molecule has 39 heavy (non-hydrogen) atoms. The van der Waals surface area contributed by atoms with Gasteiger partial charge in [0.1, 0.15) is 0 Å². The summed E-state index contributed by atoms with van der Waals surface area (Å²) in [5, 5.41) is 0. The van der Waals surface area contributed by atoms with Gasteiger partial charge in [0.25, 0.3) is 0 Å². The number of carbonyl (C=O) groups is 2. The predicted molar refractivity (Wildman–Crippen MR) is 168 cm³/mol. The van der Waals surface area contributed by atoms with E-state index in [1.165, 1.54) is 141 Å². The van der Waals surface area contributed by atoms with Crippen LogP contribution in [0.15, 0.2) is 0 Å². The Morgan fingerprint density at radius 1 is 0.538 bits per heavy atom. The zero-order valence-corrected chi connectivity index (χ0v) is 26.2. The zero-order valence-electron chi connectivity index (χ0n) is 26.2. The van der Waals surface area contributed by atoms with Crippen LogP contribution in [-0.4, -0.2) is 35.8 Å². The molecular weight excluding hydrogens is 482 g/mol. The van der Waals surface area contributed by atoms with Crippen molar-refractivity contribution < 1.29 is 9.59 Å². The first-order valence-corrected chi connectivity index (χ1v) is 17.4. The van der Waals surface area contributed by atoms with Gasteiger partial charge in [-0.25, -0.2) is 0 Å². The average Bonchev–Trinajstić information content (AvgIpc) is 3.29. The molecule has 1 aliphatic heterocycles. The van der Waals surface area contributed by atoms with Crippen molar-refractivity contribution in [2.45, 2.75) is 180 Å². The van der Waals surface area contributed by atoms with Gasteiger partial charge in [-0.1, -0.05) is 162 Å². The van der Waals surface area contributed by atoms with Crippen LogP contribution in [-0.2, 0) is 9.59 Å². The summed E-state index contributed by atoms with van der Waals surface area (Å²) in [4.78, 5) is 26.9. The molecule has 1 aliphatic rings. The molecule has 3 atom stereocenters. The second-order valence-corrected chi connectivity index (χ2v) is 12.6. The molecule has 0 aromatic heterocycles. The van der Waals surface area contributed by atoms with E-state index in [2.05, 4.69) is 18.7 Å². The summed E-state index contributed by atoms with van der Waals surface area (Å²) < 4.78 is 0. The molecule has 4 N–H and O–H groups in total. The average molecular weight is 550 g/mol. The van der Waals surface area contributed by atoms with Crippen LogP contribution >= 0.6 is 0 Å². The lowest BCUT2D eigenvalue weighted by atomic mass is 9.86. The first-order chi connectivity index (χ1) is 19.0. The maximum Gasteiger partial charge on any atom is 0.222 e. The minimum atomic E-state index is -0.429. The number of unbranched alkanes of at least 4 members (excludes halogenated alkanes) is 22. The fourth-order valence-corrected chi connectivity index (χ4v) is 6.62. The molecule has 0 spiro atoms. The van der Waals surface area contributed by atoms with E-state index in [0.717, 1.165) is 25.8 Å². The SMILES string of the molecule is CCCCCCCCCCCCCCC1C(C(N)=O)C(C(N)=O)CN1CCCCCCCCCCCCCC. The Labute approximate surface area is 243 Å². The minimum Gasteiger partial charge on any atom is -0.369 e. The number of primary amides is 2. The van der Waals surface area contributed by atoms with Gasteiger partial charge in [-0.3, -0.25) is 14.5 Å². The summed E-state index contributed by atoms with van der Waals surface area (Å²) in [6.45, 7) is 6.10. The number of nitrogens with two attached hydrogens (primary N) is 2. The van der Waals surface area contributed by atoms with E-state index >= 15 is 0 Å². The summed E-state index contributed by atoms with van der Waals surface area (Å²) >= 11 is 0. The molecule has 0 saturated carbocycles. The Morgan fingerprint density at radius 2 is 0.897 bits per heavy atom. The van der Waals surface area contributed by atoms with Gasteiger partial charge in [-0.15, -0.1) is 0 Å². The van der Waals surface area contributed by atoms with Crippen LogP contribution < -0.4 is 11.5 Å². The molecule has 5 heteroatoms. The maximum atomic E-state index is 12.4. The Hall–Kier alpha value is -1.10. The van der Waals surface area contributed by atoms with E-state index in [0.29, 0.717) is 6.54 Å². The molecule has 230 valence electrons. The lowest BCUT2D eigenvalue weighted by Gasteiger charge is -2.27. The molecule has 0 aliphatic carbocycles. The largest absolute Gasteiger partial charge is 0.369 e. The van der Waals surface area contributed by atoms with Crippen LogP contribution in [0.4, 0.5) is 0 Å². The van der Waals surface area contributed by atoms with Crippen LogP contribution in [0, 0.1) is 11.8 Å². The lowest BCUT2D eigenvalue weighted by molar-refractivity contribution is -0.130. The van der Waals surface area contributed by atoms with E-state index < -0.39 is 11.8 Å². The van der Waals surface area contributed by atoms with Crippen molar-refractivity contribution in [2.24, 2.45) is 23.3 Å². The monoisotopic (exact) mass is 550 g/mol. The van der Waals surface area contributed by atoms with Gasteiger partial charge < -0.3 is 11.5 Å². The molecule has 0 bridgehead atoms. The highest BCUT2D eigenvalue weighted by molar-refractivity contribution is 5.87. The van der Waals surface area contributed by atoms with Crippen LogP contribution in [0.5, 0.6) is 0 Å². The van der Waals surface area contributed by atoms with Gasteiger partial charge in [0.15, 0.2) is 0 Å². The Balaban J connectivity index is 2.25. The zero-order chi connectivity index (χ0) is 28.6. The van der Waals surface area contributed by atoms with Crippen molar-refractivity contribution in [1.29, 1.82) is 0 Å². The summed E-state index contributed by atoms with van der Waals surface area (Å²) in [5.74, 6) is -1.56. The van der Waals surface area contributed by atoms with Crippen LogP contribution in [0.1, 0.15) is 174 Å². The smallest absolute Gasteiger partial charge is 0.222 e. The third-order valence-corrected chi connectivity index (χ3v) is 9.09. The second kappa shape index (κ2) is 24.7. The molecule has 1 saturated heterocycles. The number of nitrogens with zero attached hydrogens (tertiary/aromatic N) is 1. The molecule has 5 nitrogen and oxygen atoms in total. The number of likely N-dealkylation sites (tertiary alicyclic amines) is 1. The maximum absolute atomic E-state index is 12.4. The van der Waals surface area contributed by atoms with Gasteiger partial charge in [-0.2, -0.15) is 0 Å². The number of carbonyl (C=O) groups excluding carboxylic acids is 2. The van der Waals surface area contributed by atoms with Gasteiger partial charge in [0, 0.05) is 12.6 Å². The molecule has 0 radical (unpaired) electrons. The van der Waals surface area contributed by atoms with Crippen molar-refractivity contribution in [3.63, 3.8) is 0 Å². The van der Waals surface area contributed by atoms with Gasteiger partial charge in [0.2, 0.25) is 11.8 Å². The number of hydrogen-bond donors (Lipinski definition) is 2. The molecule has 0 aromatic rings. The van der Waals surface area contributed by atoms with Crippen molar-refractivity contribution in [1.82, 2.24) is 4.90 Å². The van der Waals surface area contributed by atoms with Crippen molar-refractivity contribution in [3.05, 3.63) is 0 Å². The number of amides is 2. The van der Waals surface area contributed by atoms with Crippen LogP contribution in [0.3, 0.4) is 0 Å². The van der Waals surface area contributed by atoms with Gasteiger partial charge >= 0.3 is 0 Å². The van der Waals surface area contributed by atoms with E-state index in [4.69, 9.17) is 11.5 Å². The topological polar surface area (TPSA) is 89.4 Å². The normalized spacial score (nSPS) is 19.6. The molecule has 1 fully saturated rings. The highest BCUT2D eigenvalue weighted by atomic mass is 16.2. The highest BCUT2D eigenvalue weighted by Crippen LogP contribution is 2.33. The van der Waals surface area contributed by atoms with E-state index in [-0.39, 0.29) is 17.9 Å². The summed E-state index contributed by atoms with van der Waals surface area (Å²) in [6.07, 6.45) is 32.8. The Bertz CT molecular complexity index is 597. The molecule has 3 unspecified atom stereocenters. The fraction of sp³-hybridized carbons (Fsp3) is 0.941. The fourth-order valence-electron chi connectivity index (χ4n) is 6.62. The number of rotatable bonds is 28. The van der Waals surface area contributed by atoms with Crippen molar-refractivity contribution in [3.8, 4) is 0 Å². The molecular formula is C34H67N3O2. The highest BCUT2D eigenvalue weighted by Gasteiger charge is 2.46. The first kappa shape index (κ1) is 35.9. The van der Waals surface area contributed by atoms with E-state index in [9.17, 15) is 9.59 Å². The van der Waals surface area contributed by atoms with Crippen LogP contribution in [0.25, 0.3) is 0 Å². The van der Waals surface area contributed by atoms with Gasteiger partial charge in [-0.05, 0) is 19.4 Å². The molecule has 0 aromatic carbocycles. The Kier molecular flexibility index (Phi) is 22.7. The minimum absolute atomic E-state index is 0.0795. The number of hydrogen-bond acceptors (Lipinski definition) is 3. The second-order valence-electron chi connectivity index (χ2n) is 12.6. The van der Waals surface area contributed by atoms with Crippen molar-refractivity contribution >= 4 is 11.8 Å². The summed E-state index contributed by atoms with van der Waals surface area (Å²) in [6, 6.07) is 0.0795. The predicted octanol–water partition coefficient (Wildman–Crippen LogP) is 8.67. The first-order valence-electron chi connectivity index (χ1n) is 17.4. The van der Waals surface area contributed by atoms with Crippen LogP contribution in [0.2, 0.25) is 0 Å². The third kappa shape index (κ3) is 17.3. The third-order valence-electron chi connectivity index (χ3n) is 9.09. The van der Waals surface area contributed by atoms with E-state index in [1.807, 2.05) is 0 Å². The van der Waals surface area contributed by atoms with E-state index in [1.54, 1.807) is 0 Å². The summed E-state index contributed by atoms with van der Waals surface area (Å²) in [7, 11) is 0. The standard InChI is InChI=1S/C34H67N3O2/c1-3-5-7-9-11-13-15-17-19-21-23-25-27-31-32(34(36)39)30(33(35)38)29-37(31)28-26-24-22-20-18-16-14-12-10-8-6-4-2/h30-32H,3-29H2,1-2H3,(H2,35,38)(H2,36,39). The van der Waals surface area contributed by atoms with Gasteiger partial charge in [0.05, 0.1) is 11.8 Å². The Morgan fingerprint density at radius 3 is 1.26 bits per heavy atom. The summed E-state index contributed by atoms with van der Waals surface area (Å²) in [5.41, 5.74) is 11.5. The molecule has 1 heterocycles. The lowest BCUT2D eigenvalue weighted by Crippen LogP contribution is -2.41. The van der Waals surface area contributed by atoms with Crippen molar-refractivity contribution in [2.75, 3.05) is 13.1 Å². The molecule has 1 rings (SSSR count). The molecule has 2 amide bonds. The quantitative estimate of drug-likeness (QED) is 0.0957.